The lowest BCUT2D eigenvalue weighted by Crippen LogP contribution is -2.22. The maximum Gasteiger partial charge on any atom is 0.287 e. The number of furan rings is 1. The molecule has 3 aromatic carbocycles. The molecule has 0 spiro atoms. The number of benzene rings is 3. The van der Waals surface area contributed by atoms with Crippen LogP contribution in [-0.4, -0.2) is 13.0 Å². The van der Waals surface area contributed by atoms with Crippen molar-refractivity contribution in [2.24, 2.45) is 0 Å². The van der Waals surface area contributed by atoms with Crippen LogP contribution in [0.5, 0.6) is 11.5 Å². The fourth-order valence-electron chi connectivity index (χ4n) is 3.42. The quantitative estimate of drug-likeness (QED) is 0.321. The minimum absolute atomic E-state index is 0.193. The Morgan fingerprint density at radius 1 is 0.765 bits per heavy atom. The summed E-state index contributed by atoms with van der Waals surface area (Å²) in [6, 6.07) is 28.8. The third-order valence-corrected chi connectivity index (χ3v) is 5.15. The Morgan fingerprint density at radius 2 is 1.47 bits per heavy atom. The molecule has 0 aliphatic carbocycles. The summed E-state index contributed by atoms with van der Waals surface area (Å²) in [5.41, 5.74) is 3.17. The van der Waals surface area contributed by atoms with Gasteiger partial charge in [-0.25, -0.2) is 0 Å². The highest BCUT2D eigenvalue weighted by molar-refractivity contribution is 5.91. The van der Waals surface area contributed by atoms with Crippen molar-refractivity contribution in [1.82, 2.24) is 5.32 Å². The lowest BCUT2D eigenvalue weighted by atomic mass is 10.1. The van der Waals surface area contributed by atoms with Gasteiger partial charge >= 0.3 is 0 Å². The van der Waals surface area contributed by atoms with Crippen molar-refractivity contribution < 1.29 is 23.4 Å². The molecule has 1 heterocycles. The fraction of sp³-hybridized carbons (Fsp3) is 0.179. The SMILES string of the molecule is COc1ccccc1OCc1ccc(C(=O)NCc2cccc(COCc3ccccc3)c2)o1. The molecule has 0 aliphatic rings. The molecule has 0 saturated heterocycles. The Hall–Kier alpha value is -4.03. The maximum atomic E-state index is 12.5. The molecule has 0 unspecified atom stereocenters. The van der Waals surface area contributed by atoms with Gasteiger partial charge in [0.1, 0.15) is 12.4 Å². The van der Waals surface area contributed by atoms with Gasteiger partial charge in [-0.05, 0) is 41.0 Å². The van der Waals surface area contributed by atoms with E-state index in [-0.39, 0.29) is 18.3 Å². The van der Waals surface area contributed by atoms with Crippen LogP contribution in [0.4, 0.5) is 0 Å². The monoisotopic (exact) mass is 457 g/mol. The Bertz CT molecular complexity index is 1200. The second kappa shape index (κ2) is 11.7. The second-order valence-corrected chi connectivity index (χ2v) is 7.69. The Labute approximate surface area is 199 Å². The van der Waals surface area contributed by atoms with Gasteiger partial charge in [0.05, 0.1) is 20.3 Å². The van der Waals surface area contributed by atoms with Crippen LogP contribution in [0.25, 0.3) is 0 Å². The molecule has 0 bridgehead atoms. The lowest BCUT2D eigenvalue weighted by molar-refractivity contribution is 0.0919. The summed E-state index contributed by atoms with van der Waals surface area (Å²) in [7, 11) is 1.59. The Morgan fingerprint density at radius 3 is 2.29 bits per heavy atom. The summed E-state index contributed by atoms with van der Waals surface area (Å²) in [6.07, 6.45) is 0. The van der Waals surface area contributed by atoms with Crippen molar-refractivity contribution in [3.05, 3.63) is 119 Å². The first-order chi connectivity index (χ1) is 16.7. The van der Waals surface area contributed by atoms with E-state index in [1.54, 1.807) is 19.2 Å². The van der Waals surface area contributed by atoms with Crippen molar-refractivity contribution in [2.45, 2.75) is 26.4 Å². The van der Waals surface area contributed by atoms with E-state index >= 15 is 0 Å². The number of carbonyl (C=O) groups is 1. The van der Waals surface area contributed by atoms with Crippen LogP contribution < -0.4 is 14.8 Å². The van der Waals surface area contributed by atoms with Crippen LogP contribution in [0.2, 0.25) is 0 Å². The van der Waals surface area contributed by atoms with Gasteiger partial charge in [-0.1, -0.05) is 66.7 Å². The summed E-state index contributed by atoms with van der Waals surface area (Å²) in [6.45, 7) is 1.64. The summed E-state index contributed by atoms with van der Waals surface area (Å²) in [5, 5.41) is 2.90. The molecule has 6 heteroatoms. The van der Waals surface area contributed by atoms with Gasteiger partial charge < -0.3 is 23.9 Å². The van der Waals surface area contributed by atoms with Crippen molar-refractivity contribution in [2.75, 3.05) is 7.11 Å². The highest BCUT2D eigenvalue weighted by atomic mass is 16.5. The van der Waals surface area contributed by atoms with Crippen LogP contribution in [-0.2, 0) is 31.1 Å². The number of ether oxygens (including phenoxy) is 3. The largest absolute Gasteiger partial charge is 0.493 e. The molecule has 174 valence electrons. The third kappa shape index (κ3) is 6.49. The first kappa shape index (κ1) is 23.1. The van der Waals surface area contributed by atoms with E-state index in [2.05, 4.69) is 5.32 Å². The molecule has 1 aromatic heterocycles. The average molecular weight is 458 g/mol. The predicted molar refractivity (Wildman–Crippen MR) is 129 cm³/mol. The van der Waals surface area contributed by atoms with Gasteiger partial charge in [-0.3, -0.25) is 4.79 Å². The second-order valence-electron chi connectivity index (χ2n) is 7.69. The standard InChI is InChI=1S/C28H27NO5/c1-31-25-12-5-6-13-26(25)33-20-24-14-15-27(34-24)28(30)29-17-22-10-7-11-23(16-22)19-32-18-21-8-3-2-4-9-21/h2-16H,17-20H2,1H3,(H,29,30). The molecule has 1 amide bonds. The molecular formula is C28H27NO5. The van der Waals surface area contributed by atoms with Gasteiger partial charge in [0.2, 0.25) is 0 Å². The highest BCUT2D eigenvalue weighted by Gasteiger charge is 2.12. The van der Waals surface area contributed by atoms with Crippen LogP contribution in [0, 0.1) is 0 Å². The first-order valence-electron chi connectivity index (χ1n) is 11.0. The zero-order valence-electron chi connectivity index (χ0n) is 19.0. The summed E-state index contributed by atoms with van der Waals surface area (Å²) in [4.78, 5) is 12.5. The Balaban J connectivity index is 1.25. The number of para-hydroxylation sites is 2. The molecule has 34 heavy (non-hydrogen) atoms. The molecule has 4 rings (SSSR count). The topological polar surface area (TPSA) is 69.9 Å². The average Bonchev–Trinajstić information content (AvgIpc) is 3.36. The summed E-state index contributed by atoms with van der Waals surface area (Å²) >= 11 is 0. The van der Waals surface area contributed by atoms with Crippen molar-refractivity contribution in [3.63, 3.8) is 0 Å². The van der Waals surface area contributed by atoms with E-state index in [9.17, 15) is 4.79 Å². The van der Waals surface area contributed by atoms with Crippen LogP contribution in [0.15, 0.2) is 95.4 Å². The van der Waals surface area contributed by atoms with E-state index in [4.69, 9.17) is 18.6 Å². The fourth-order valence-corrected chi connectivity index (χ4v) is 3.42. The predicted octanol–water partition coefficient (Wildman–Crippen LogP) is 5.51. The van der Waals surface area contributed by atoms with Crippen LogP contribution >= 0.6 is 0 Å². The molecule has 0 saturated carbocycles. The first-order valence-corrected chi connectivity index (χ1v) is 11.0. The summed E-state index contributed by atoms with van der Waals surface area (Å²) in [5.74, 6) is 1.75. The molecular weight excluding hydrogens is 430 g/mol. The van der Waals surface area contributed by atoms with E-state index in [0.717, 1.165) is 16.7 Å². The van der Waals surface area contributed by atoms with Crippen LogP contribution in [0.1, 0.15) is 33.0 Å². The zero-order chi connectivity index (χ0) is 23.6. The number of hydrogen-bond acceptors (Lipinski definition) is 5. The minimum Gasteiger partial charge on any atom is -0.493 e. The van der Waals surface area contributed by atoms with Gasteiger partial charge in [-0.15, -0.1) is 0 Å². The molecule has 0 atom stereocenters. The number of hydrogen-bond donors (Lipinski definition) is 1. The van der Waals surface area contributed by atoms with Gasteiger partial charge in [0.15, 0.2) is 17.3 Å². The molecule has 0 fully saturated rings. The molecule has 1 N–H and O–H groups in total. The number of carbonyl (C=O) groups excluding carboxylic acids is 1. The number of amides is 1. The van der Waals surface area contributed by atoms with E-state index in [1.807, 2.05) is 78.9 Å². The van der Waals surface area contributed by atoms with E-state index in [0.29, 0.717) is 37.0 Å². The minimum atomic E-state index is -0.283. The van der Waals surface area contributed by atoms with Gasteiger partial charge in [-0.2, -0.15) is 0 Å². The van der Waals surface area contributed by atoms with Crippen molar-refractivity contribution in [1.29, 1.82) is 0 Å². The van der Waals surface area contributed by atoms with Crippen molar-refractivity contribution >= 4 is 5.91 Å². The molecule has 4 aromatic rings. The normalized spacial score (nSPS) is 10.6. The van der Waals surface area contributed by atoms with Gasteiger partial charge in [0.25, 0.3) is 5.91 Å². The Kier molecular flexibility index (Phi) is 7.98. The van der Waals surface area contributed by atoms with Crippen molar-refractivity contribution in [3.8, 4) is 11.5 Å². The molecule has 0 radical (unpaired) electrons. The number of nitrogens with one attached hydrogen (secondary N) is 1. The van der Waals surface area contributed by atoms with Gasteiger partial charge in [0, 0.05) is 6.54 Å². The third-order valence-electron chi connectivity index (χ3n) is 5.15. The molecule has 0 aliphatic heterocycles. The lowest BCUT2D eigenvalue weighted by Gasteiger charge is -2.09. The van der Waals surface area contributed by atoms with Crippen LogP contribution in [0.3, 0.4) is 0 Å². The smallest absolute Gasteiger partial charge is 0.287 e. The zero-order valence-corrected chi connectivity index (χ0v) is 19.0. The number of rotatable bonds is 11. The van der Waals surface area contributed by atoms with E-state index in [1.165, 1.54) is 0 Å². The van der Waals surface area contributed by atoms with E-state index < -0.39 is 0 Å². The highest BCUT2D eigenvalue weighted by Crippen LogP contribution is 2.26. The number of methoxy groups -OCH3 is 1. The summed E-state index contributed by atoms with van der Waals surface area (Å²) < 4.78 is 22.5. The maximum absolute atomic E-state index is 12.5. The molecule has 6 nitrogen and oxygen atoms in total.